The third kappa shape index (κ3) is 5.26. The summed E-state index contributed by atoms with van der Waals surface area (Å²) >= 11 is 0. The molecule has 0 radical (unpaired) electrons. The number of carbonyl (C=O) groups excluding carboxylic acids is 1. The molecule has 1 aliphatic rings. The van der Waals surface area contributed by atoms with Gasteiger partial charge in [0.2, 0.25) is 10.0 Å². The highest BCUT2D eigenvalue weighted by Crippen LogP contribution is 2.21. The van der Waals surface area contributed by atoms with Crippen LogP contribution in [-0.2, 0) is 10.0 Å². The maximum Gasteiger partial charge on any atom is 0.251 e. The van der Waals surface area contributed by atoms with E-state index in [1.54, 1.807) is 12.1 Å². The molecule has 1 aromatic rings. The Labute approximate surface area is 150 Å². The predicted molar refractivity (Wildman–Crippen MR) is 98.9 cm³/mol. The Morgan fingerprint density at radius 2 is 1.88 bits per heavy atom. The van der Waals surface area contributed by atoms with Crippen molar-refractivity contribution in [2.75, 3.05) is 6.54 Å². The minimum atomic E-state index is -3.61. The lowest BCUT2D eigenvalue weighted by molar-refractivity contribution is 0.0942. The normalized spacial score (nSPS) is 16.1. The number of hydrogen-bond donors (Lipinski definition) is 3. The van der Waals surface area contributed by atoms with Crippen LogP contribution in [0.25, 0.3) is 0 Å². The molecule has 140 valence electrons. The summed E-state index contributed by atoms with van der Waals surface area (Å²) in [5, 5.41) is 2.81. The highest BCUT2D eigenvalue weighted by Gasteiger charge is 2.24. The van der Waals surface area contributed by atoms with Gasteiger partial charge in [-0.3, -0.25) is 4.79 Å². The van der Waals surface area contributed by atoms with Gasteiger partial charge in [-0.05, 0) is 43.9 Å². The van der Waals surface area contributed by atoms with E-state index in [9.17, 15) is 13.2 Å². The van der Waals surface area contributed by atoms with Gasteiger partial charge in [0, 0.05) is 23.7 Å². The molecule has 4 N–H and O–H groups in total. The van der Waals surface area contributed by atoms with Gasteiger partial charge in [-0.1, -0.05) is 32.8 Å². The quantitative estimate of drug-likeness (QED) is 0.655. The second-order valence-corrected chi connectivity index (χ2v) is 8.60. The number of benzene rings is 1. The van der Waals surface area contributed by atoms with Crippen LogP contribution in [0.2, 0.25) is 0 Å². The van der Waals surface area contributed by atoms with Crippen LogP contribution in [0.3, 0.4) is 0 Å². The molecule has 0 unspecified atom stereocenters. The van der Waals surface area contributed by atoms with Gasteiger partial charge in [0.05, 0.1) is 4.90 Å². The number of nitrogens with one attached hydrogen (secondary N) is 2. The van der Waals surface area contributed by atoms with Crippen LogP contribution in [0, 0.1) is 0 Å². The largest absolute Gasteiger partial charge is 0.350 e. The van der Waals surface area contributed by atoms with Crippen LogP contribution in [-0.4, -0.2) is 32.5 Å². The van der Waals surface area contributed by atoms with Crippen LogP contribution >= 0.6 is 0 Å². The molecule has 25 heavy (non-hydrogen) atoms. The van der Waals surface area contributed by atoms with E-state index in [1.807, 2.05) is 13.8 Å². The predicted octanol–water partition coefficient (Wildman–Crippen LogP) is 2.15. The molecule has 0 spiro atoms. The molecular formula is C18H29N3O3S. The van der Waals surface area contributed by atoms with Gasteiger partial charge in [-0.25, -0.2) is 13.1 Å². The van der Waals surface area contributed by atoms with Crippen LogP contribution < -0.4 is 15.8 Å². The van der Waals surface area contributed by atoms with Crippen LogP contribution in [0.15, 0.2) is 29.2 Å². The van der Waals surface area contributed by atoms with E-state index in [4.69, 9.17) is 5.73 Å². The zero-order chi connectivity index (χ0) is 18.5. The average Bonchev–Trinajstić information content (AvgIpc) is 3.11. The maximum absolute atomic E-state index is 12.5. The van der Waals surface area contributed by atoms with E-state index in [0.29, 0.717) is 12.1 Å². The van der Waals surface area contributed by atoms with Gasteiger partial charge in [-0.2, -0.15) is 0 Å². The molecule has 7 heteroatoms. The van der Waals surface area contributed by atoms with E-state index >= 15 is 0 Å². The Morgan fingerprint density at radius 1 is 1.24 bits per heavy atom. The van der Waals surface area contributed by atoms with Crippen molar-refractivity contribution in [1.82, 2.24) is 10.0 Å². The summed E-state index contributed by atoms with van der Waals surface area (Å²) in [4.78, 5) is 12.5. The molecule has 0 atom stereocenters. The van der Waals surface area contributed by atoms with Gasteiger partial charge in [0.15, 0.2) is 0 Å². The highest BCUT2D eigenvalue weighted by molar-refractivity contribution is 7.89. The fraction of sp³-hybridized carbons (Fsp3) is 0.611. The second-order valence-electron chi connectivity index (χ2n) is 6.88. The zero-order valence-electron chi connectivity index (χ0n) is 15.0. The first-order valence-electron chi connectivity index (χ1n) is 8.99. The summed E-state index contributed by atoms with van der Waals surface area (Å²) in [6.07, 6.45) is 5.34. The Kier molecular flexibility index (Phi) is 6.59. The van der Waals surface area contributed by atoms with E-state index < -0.39 is 15.6 Å². The van der Waals surface area contributed by atoms with Gasteiger partial charge in [0.1, 0.15) is 0 Å². The van der Waals surface area contributed by atoms with Crippen molar-refractivity contribution >= 4 is 15.9 Å². The third-order valence-electron chi connectivity index (χ3n) is 5.09. The van der Waals surface area contributed by atoms with Crippen LogP contribution in [0.4, 0.5) is 0 Å². The molecule has 0 bridgehead atoms. The monoisotopic (exact) mass is 367 g/mol. The number of rotatable bonds is 8. The lowest BCUT2D eigenvalue weighted by Gasteiger charge is -2.26. The maximum atomic E-state index is 12.5. The van der Waals surface area contributed by atoms with E-state index in [1.165, 1.54) is 12.1 Å². The highest BCUT2D eigenvalue weighted by atomic mass is 32.2. The van der Waals surface area contributed by atoms with Crippen molar-refractivity contribution in [2.45, 2.75) is 68.8 Å². The molecule has 2 rings (SSSR count). The molecule has 0 saturated heterocycles. The number of nitrogens with two attached hydrogens (primary N) is 1. The Morgan fingerprint density at radius 3 is 2.48 bits per heavy atom. The summed E-state index contributed by atoms with van der Waals surface area (Å²) in [5.41, 5.74) is 6.07. The first-order chi connectivity index (χ1) is 11.8. The Bertz CT molecular complexity index is 693. The van der Waals surface area contributed by atoms with Crippen molar-refractivity contribution in [1.29, 1.82) is 0 Å². The van der Waals surface area contributed by atoms with Gasteiger partial charge in [0.25, 0.3) is 5.91 Å². The smallest absolute Gasteiger partial charge is 0.251 e. The topological polar surface area (TPSA) is 101 Å². The second kappa shape index (κ2) is 8.29. The number of carbonyl (C=O) groups is 1. The fourth-order valence-electron chi connectivity index (χ4n) is 2.99. The molecule has 1 aromatic carbocycles. The zero-order valence-corrected chi connectivity index (χ0v) is 15.9. The fourth-order valence-corrected chi connectivity index (χ4v) is 4.34. The lowest BCUT2D eigenvalue weighted by Crippen LogP contribution is -2.49. The molecular weight excluding hydrogens is 338 g/mol. The minimum Gasteiger partial charge on any atom is -0.350 e. The van der Waals surface area contributed by atoms with Crippen molar-refractivity contribution in [3.05, 3.63) is 29.8 Å². The molecule has 0 aliphatic heterocycles. The van der Waals surface area contributed by atoms with Gasteiger partial charge in [-0.15, -0.1) is 0 Å². The van der Waals surface area contributed by atoms with Crippen molar-refractivity contribution in [3.8, 4) is 0 Å². The minimum absolute atomic E-state index is 0.00514. The summed E-state index contributed by atoms with van der Waals surface area (Å²) in [6.45, 7) is 4.32. The van der Waals surface area contributed by atoms with E-state index in [-0.39, 0.29) is 16.8 Å². The average molecular weight is 368 g/mol. The van der Waals surface area contributed by atoms with Crippen molar-refractivity contribution in [2.24, 2.45) is 5.73 Å². The first kappa shape index (κ1) is 19.9. The summed E-state index contributed by atoms with van der Waals surface area (Å²) in [6, 6.07) is 6.13. The third-order valence-corrected chi connectivity index (χ3v) is 6.61. The molecule has 1 amide bonds. The van der Waals surface area contributed by atoms with Gasteiger partial charge >= 0.3 is 0 Å². The Hall–Kier alpha value is -1.44. The molecule has 1 saturated carbocycles. The van der Waals surface area contributed by atoms with Crippen molar-refractivity contribution < 1.29 is 13.2 Å². The Balaban J connectivity index is 2.08. The standard InChI is InChI=1S/C18H29N3O3S/c1-3-18(19,4-2)13-20-17(22)14-8-7-11-16(12-14)25(23,24)21-15-9-5-6-10-15/h7-8,11-12,15,21H,3-6,9-10,13,19H2,1-2H3,(H,20,22). The van der Waals surface area contributed by atoms with Crippen LogP contribution in [0.5, 0.6) is 0 Å². The van der Waals surface area contributed by atoms with Gasteiger partial charge < -0.3 is 11.1 Å². The molecule has 1 aliphatic carbocycles. The van der Waals surface area contributed by atoms with Crippen molar-refractivity contribution in [3.63, 3.8) is 0 Å². The number of amides is 1. The molecule has 0 heterocycles. The summed E-state index contributed by atoms with van der Waals surface area (Å²) < 4.78 is 27.8. The SMILES string of the molecule is CCC(N)(CC)CNC(=O)c1cccc(S(=O)(=O)NC2CCCC2)c1. The lowest BCUT2D eigenvalue weighted by atomic mass is 9.94. The summed E-state index contributed by atoms with van der Waals surface area (Å²) in [7, 11) is -3.61. The van der Waals surface area contributed by atoms with E-state index in [0.717, 1.165) is 38.5 Å². The first-order valence-corrected chi connectivity index (χ1v) is 10.5. The molecule has 1 fully saturated rings. The summed E-state index contributed by atoms with van der Waals surface area (Å²) in [5.74, 6) is -0.311. The number of hydrogen-bond acceptors (Lipinski definition) is 4. The molecule has 0 aromatic heterocycles. The van der Waals surface area contributed by atoms with Crippen LogP contribution in [0.1, 0.15) is 62.7 Å². The molecule has 6 nitrogen and oxygen atoms in total. The number of sulfonamides is 1. The van der Waals surface area contributed by atoms with E-state index in [2.05, 4.69) is 10.0 Å².